The van der Waals surface area contributed by atoms with E-state index >= 15 is 0 Å². The van der Waals surface area contributed by atoms with Gasteiger partial charge in [-0.2, -0.15) is 0 Å². The highest BCUT2D eigenvalue weighted by molar-refractivity contribution is 5.93. The Labute approximate surface area is 191 Å². The van der Waals surface area contributed by atoms with Crippen LogP contribution < -0.4 is 15.4 Å². The lowest BCUT2D eigenvalue weighted by atomic mass is 9.98. The second-order valence-electron chi connectivity index (χ2n) is 9.36. The maximum atomic E-state index is 5.30. The van der Waals surface area contributed by atoms with Crippen molar-refractivity contribution in [2.24, 2.45) is 11.8 Å². The minimum Gasteiger partial charge on any atom is -0.497 e. The van der Waals surface area contributed by atoms with Crippen molar-refractivity contribution in [1.82, 2.24) is 15.2 Å². The van der Waals surface area contributed by atoms with Crippen LogP contribution in [-0.2, 0) is 0 Å². The number of para-hydroxylation sites is 1. The molecule has 0 amide bonds. The molecule has 2 aromatic carbocycles. The summed E-state index contributed by atoms with van der Waals surface area (Å²) in [5, 5.41) is 8.71. The summed E-state index contributed by atoms with van der Waals surface area (Å²) in [7, 11) is 3.95. The van der Waals surface area contributed by atoms with Gasteiger partial charge in [0, 0.05) is 42.3 Å². The molecule has 5 rings (SSSR count). The van der Waals surface area contributed by atoms with Crippen LogP contribution in [0.5, 0.6) is 5.75 Å². The number of likely N-dealkylation sites (tertiary alicyclic amines) is 1. The summed E-state index contributed by atoms with van der Waals surface area (Å²) in [4.78, 5) is 7.40. The second-order valence-corrected chi connectivity index (χ2v) is 9.36. The van der Waals surface area contributed by atoms with Gasteiger partial charge in [0.25, 0.3) is 0 Å². The normalized spacial score (nSPS) is 22.9. The highest BCUT2D eigenvalue weighted by Crippen LogP contribution is 2.37. The Balaban J connectivity index is 1.22. The Morgan fingerprint density at radius 1 is 1.03 bits per heavy atom. The maximum Gasteiger partial charge on any atom is 0.118 e. The van der Waals surface area contributed by atoms with Gasteiger partial charge < -0.3 is 20.3 Å². The molecule has 5 heteroatoms. The van der Waals surface area contributed by atoms with Crippen LogP contribution in [0.3, 0.4) is 0 Å². The minimum atomic E-state index is 0.702. The molecule has 0 radical (unpaired) electrons. The molecule has 3 aromatic rings. The van der Waals surface area contributed by atoms with Crippen molar-refractivity contribution in [1.29, 1.82) is 0 Å². The van der Waals surface area contributed by atoms with Crippen molar-refractivity contribution < 1.29 is 4.74 Å². The first-order chi connectivity index (χ1) is 15.7. The highest BCUT2D eigenvalue weighted by Gasteiger charge is 2.40. The van der Waals surface area contributed by atoms with Crippen molar-refractivity contribution in [3.8, 4) is 17.0 Å². The third kappa shape index (κ3) is 4.45. The first-order valence-corrected chi connectivity index (χ1v) is 11.9. The quantitative estimate of drug-likeness (QED) is 0.510. The fourth-order valence-corrected chi connectivity index (χ4v) is 5.57. The first kappa shape index (κ1) is 21.2. The highest BCUT2D eigenvalue weighted by atomic mass is 16.5. The van der Waals surface area contributed by atoms with Crippen LogP contribution in [0, 0.1) is 11.8 Å². The number of hydrogen-bond acceptors (Lipinski definition) is 5. The van der Waals surface area contributed by atoms with Gasteiger partial charge in [-0.3, -0.25) is 0 Å². The number of methoxy groups -OCH3 is 1. The van der Waals surface area contributed by atoms with Crippen LogP contribution in [-0.4, -0.2) is 56.3 Å². The van der Waals surface area contributed by atoms with Gasteiger partial charge in [-0.25, -0.2) is 4.98 Å². The van der Waals surface area contributed by atoms with Gasteiger partial charge in [0.1, 0.15) is 5.75 Å². The van der Waals surface area contributed by atoms with Gasteiger partial charge in [-0.05, 0) is 81.1 Å². The topological polar surface area (TPSA) is 49.4 Å². The molecule has 1 saturated heterocycles. The van der Waals surface area contributed by atoms with Gasteiger partial charge in [-0.1, -0.05) is 18.2 Å². The molecule has 1 aliphatic carbocycles. The van der Waals surface area contributed by atoms with Crippen molar-refractivity contribution in [3.63, 3.8) is 0 Å². The molecule has 3 atom stereocenters. The standard InChI is InChI=1S/C27H34N4O/c1-31-17-20-10-13-24(23(20)18-31)28-14-5-15-29-27-16-26(19-8-11-21(32-2)12-9-19)30-25-7-4-3-6-22(25)27/h3-4,6-9,11-12,16,20,23-24,28H,5,10,13-15,17-18H2,1-2H3,(H,29,30). The van der Waals surface area contributed by atoms with Crippen molar-refractivity contribution in [3.05, 3.63) is 54.6 Å². The molecule has 0 spiro atoms. The lowest BCUT2D eigenvalue weighted by Crippen LogP contribution is -2.36. The third-order valence-electron chi connectivity index (χ3n) is 7.22. The molecular formula is C27H34N4O. The summed E-state index contributed by atoms with van der Waals surface area (Å²) in [5.74, 6) is 2.62. The second kappa shape index (κ2) is 9.47. The van der Waals surface area contributed by atoms with E-state index in [1.165, 1.54) is 31.3 Å². The molecule has 3 unspecified atom stereocenters. The van der Waals surface area contributed by atoms with Crippen LogP contribution in [0.4, 0.5) is 5.69 Å². The van der Waals surface area contributed by atoms with Crippen LogP contribution in [0.1, 0.15) is 19.3 Å². The molecule has 32 heavy (non-hydrogen) atoms. The van der Waals surface area contributed by atoms with E-state index in [1.54, 1.807) is 7.11 Å². The molecule has 1 aliphatic heterocycles. The zero-order valence-corrected chi connectivity index (χ0v) is 19.2. The summed E-state index contributed by atoms with van der Waals surface area (Å²) >= 11 is 0. The van der Waals surface area contributed by atoms with Gasteiger partial charge in [0.2, 0.25) is 0 Å². The fourth-order valence-electron chi connectivity index (χ4n) is 5.57. The number of nitrogens with zero attached hydrogens (tertiary/aromatic N) is 2. The lowest BCUT2D eigenvalue weighted by molar-refractivity contribution is 0.344. The smallest absolute Gasteiger partial charge is 0.118 e. The number of ether oxygens (including phenoxy) is 1. The van der Waals surface area contributed by atoms with Crippen molar-refractivity contribution in [2.45, 2.75) is 25.3 Å². The third-order valence-corrected chi connectivity index (χ3v) is 7.22. The van der Waals surface area contributed by atoms with E-state index in [4.69, 9.17) is 9.72 Å². The SMILES string of the molecule is COc1ccc(-c2cc(NCCCNC3CCC4CN(C)CC43)c3ccccc3n2)cc1. The van der Waals surface area contributed by atoms with Gasteiger partial charge >= 0.3 is 0 Å². The number of pyridine rings is 1. The molecule has 2 N–H and O–H groups in total. The molecule has 2 heterocycles. The number of nitrogens with one attached hydrogen (secondary N) is 2. The Morgan fingerprint density at radius 2 is 1.88 bits per heavy atom. The Kier molecular flexibility index (Phi) is 6.28. The number of rotatable bonds is 8. The summed E-state index contributed by atoms with van der Waals surface area (Å²) in [6, 6.07) is 19.4. The number of fused-ring (bicyclic) bond motifs is 2. The Morgan fingerprint density at radius 3 is 2.72 bits per heavy atom. The molecule has 1 aromatic heterocycles. The number of aromatic nitrogens is 1. The summed E-state index contributed by atoms with van der Waals surface area (Å²) in [6.07, 6.45) is 3.84. The molecule has 1 saturated carbocycles. The van der Waals surface area contributed by atoms with E-state index in [-0.39, 0.29) is 0 Å². The first-order valence-electron chi connectivity index (χ1n) is 11.9. The van der Waals surface area contributed by atoms with Gasteiger partial charge in [0.15, 0.2) is 0 Å². The van der Waals surface area contributed by atoms with Crippen molar-refractivity contribution in [2.75, 3.05) is 45.7 Å². The lowest BCUT2D eigenvalue weighted by Gasteiger charge is -2.20. The number of hydrogen-bond donors (Lipinski definition) is 2. The molecule has 2 fully saturated rings. The molecule has 5 nitrogen and oxygen atoms in total. The predicted octanol–water partition coefficient (Wildman–Crippen LogP) is 4.64. The Hall–Kier alpha value is -2.63. The van der Waals surface area contributed by atoms with E-state index in [9.17, 15) is 0 Å². The molecule has 2 aliphatic rings. The van der Waals surface area contributed by atoms with E-state index in [0.717, 1.165) is 59.6 Å². The van der Waals surface area contributed by atoms with Crippen LogP contribution in [0.25, 0.3) is 22.2 Å². The zero-order chi connectivity index (χ0) is 21.9. The maximum absolute atomic E-state index is 5.30. The van der Waals surface area contributed by atoms with Gasteiger partial charge in [-0.15, -0.1) is 0 Å². The molecule has 0 bridgehead atoms. The number of benzene rings is 2. The summed E-state index contributed by atoms with van der Waals surface area (Å²) in [6.45, 7) is 4.57. The summed E-state index contributed by atoms with van der Waals surface area (Å²) < 4.78 is 5.30. The average molecular weight is 431 g/mol. The van der Waals surface area contributed by atoms with Crippen molar-refractivity contribution >= 4 is 16.6 Å². The minimum absolute atomic E-state index is 0.702. The average Bonchev–Trinajstić information content (AvgIpc) is 3.38. The summed E-state index contributed by atoms with van der Waals surface area (Å²) in [5.41, 5.74) is 4.25. The van der Waals surface area contributed by atoms with Gasteiger partial charge in [0.05, 0.1) is 18.3 Å². The van der Waals surface area contributed by atoms with Crippen LogP contribution >= 0.6 is 0 Å². The Bertz CT molecular complexity index is 1050. The zero-order valence-electron chi connectivity index (χ0n) is 19.2. The van der Waals surface area contributed by atoms with Crippen LogP contribution in [0.2, 0.25) is 0 Å². The monoisotopic (exact) mass is 430 g/mol. The molecule has 168 valence electrons. The van der Waals surface area contributed by atoms with E-state index in [1.807, 2.05) is 12.1 Å². The predicted molar refractivity (Wildman–Crippen MR) is 132 cm³/mol. The number of anilines is 1. The molecular weight excluding hydrogens is 396 g/mol. The van der Waals surface area contributed by atoms with E-state index in [2.05, 4.69) is 65.0 Å². The van der Waals surface area contributed by atoms with Crippen LogP contribution in [0.15, 0.2) is 54.6 Å². The fraction of sp³-hybridized carbons (Fsp3) is 0.444. The van der Waals surface area contributed by atoms with E-state index < -0.39 is 0 Å². The van der Waals surface area contributed by atoms with E-state index in [0.29, 0.717) is 6.04 Å². The largest absolute Gasteiger partial charge is 0.497 e.